The molecule has 1 aromatic heterocycles. The molecular weight excluding hydrogens is 372 g/mol. The number of rotatable bonds is 6. The summed E-state index contributed by atoms with van der Waals surface area (Å²) in [6.07, 6.45) is 5.62. The van der Waals surface area contributed by atoms with E-state index in [1.165, 1.54) is 23.5 Å². The summed E-state index contributed by atoms with van der Waals surface area (Å²) >= 11 is 0. The maximum Gasteiger partial charge on any atom is 0.248 e. The molecule has 0 bridgehead atoms. The zero-order valence-electron chi connectivity index (χ0n) is 16.7. The van der Waals surface area contributed by atoms with Crippen molar-refractivity contribution in [2.75, 3.05) is 10.6 Å². The summed E-state index contributed by atoms with van der Waals surface area (Å²) in [5.41, 5.74) is 4.97. The van der Waals surface area contributed by atoms with Gasteiger partial charge in [0.2, 0.25) is 5.91 Å². The fourth-order valence-electron chi connectivity index (χ4n) is 3.24. The Morgan fingerprint density at radius 2 is 1.63 bits per heavy atom. The standard InChI is InChI=1S/C25H22N4O/c1-2-6-24(30)28-21-13-14-23-22(16-21)25(27-17-26-23)29-20-11-9-19(10-12-20)15-18-7-4-3-5-8-18/h2-14,16-17H,15H2,1H3,(H,28,30)(H,26,27,29). The van der Waals surface area contributed by atoms with Crippen molar-refractivity contribution in [1.82, 2.24) is 9.97 Å². The molecule has 148 valence electrons. The van der Waals surface area contributed by atoms with Crippen LogP contribution in [0.5, 0.6) is 0 Å². The van der Waals surface area contributed by atoms with Gasteiger partial charge in [-0.25, -0.2) is 9.97 Å². The van der Waals surface area contributed by atoms with E-state index in [2.05, 4.69) is 57.0 Å². The molecule has 1 amide bonds. The van der Waals surface area contributed by atoms with E-state index in [9.17, 15) is 4.79 Å². The van der Waals surface area contributed by atoms with Gasteiger partial charge in [0.1, 0.15) is 12.1 Å². The summed E-state index contributed by atoms with van der Waals surface area (Å²) in [4.78, 5) is 20.6. The number of amides is 1. The Morgan fingerprint density at radius 1 is 0.900 bits per heavy atom. The number of hydrogen-bond acceptors (Lipinski definition) is 4. The molecule has 4 rings (SSSR count). The summed E-state index contributed by atoms with van der Waals surface area (Å²) in [5, 5.41) is 7.05. The summed E-state index contributed by atoms with van der Waals surface area (Å²) in [6.45, 7) is 1.81. The molecule has 4 aromatic rings. The zero-order chi connectivity index (χ0) is 20.8. The third kappa shape index (κ3) is 4.70. The van der Waals surface area contributed by atoms with E-state index in [0.29, 0.717) is 11.5 Å². The third-order valence-corrected chi connectivity index (χ3v) is 4.69. The minimum Gasteiger partial charge on any atom is -0.340 e. The van der Waals surface area contributed by atoms with Crippen LogP contribution in [0.3, 0.4) is 0 Å². The number of fused-ring (bicyclic) bond motifs is 1. The number of carbonyl (C=O) groups is 1. The van der Waals surface area contributed by atoms with Gasteiger partial charge in [0, 0.05) is 16.8 Å². The van der Waals surface area contributed by atoms with Crippen molar-refractivity contribution in [2.24, 2.45) is 0 Å². The first kappa shape index (κ1) is 19.3. The Balaban J connectivity index is 1.54. The Hall–Kier alpha value is -3.99. The van der Waals surface area contributed by atoms with E-state index < -0.39 is 0 Å². The lowest BCUT2D eigenvalue weighted by atomic mass is 10.0. The summed E-state index contributed by atoms with van der Waals surface area (Å²) in [5.74, 6) is 0.523. The Labute approximate surface area is 175 Å². The smallest absolute Gasteiger partial charge is 0.248 e. The molecule has 0 aliphatic heterocycles. The Kier molecular flexibility index (Phi) is 5.80. The van der Waals surface area contributed by atoms with Crippen molar-refractivity contribution in [2.45, 2.75) is 13.3 Å². The van der Waals surface area contributed by atoms with Gasteiger partial charge in [0.05, 0.1) is 5.52 Å². The molecule has 0 atom stereocenters. The van der Waals surface area contributed by atoms with Crippen LogP contribution >= 0.6 is 0 Å². The average molecular weight is 394 g/mol. The second-order valence-corrected chi connectivity index (χ2v) is 6.93. The van der Waals surface area contributed by atoms with E-state index in [0.717, 1.165) is 23.0 Å². The fourth-order valence-corrected chi connectivity index (χ4v) is 3.24. The van der Waals surface area contributed by atoms with Gasteiger partial charge in [0.15, 0.2) is 0 Å². The van der Waals surface area contributed by atoms with Gasteiger partial charge >= 0.3 is 0 Å². The van der Waals surface area contributed by atoms with E-state index in [-0.39, 0.29) is 5.91 Å². The molecule has 0 radical (unpaired) electrons. The van der Waals surface area contributed by atoms with E-state index >= 15 is 0 Å². The quantitative estimate of drug-likeness (QED) is 0.425. The summed E-state index contributed by atoms with van der Waals surface area (Å²) in [6, 6.07) is 24.3. The minimum atomic E-state index is -0.169. The number of allylic oxidation sites excluding steroid dienone is 1. The molecule has 0 unspecified atom stereocenters. The Morgan fingerprint density at radius 3 is 2.40 bits per heavy atom. The highest BCUT2D eigenvalue weighted by Gasteiger charge is 2.07. The van der Waals surface area contributed by atoms with Gasteiger partial charge in [-0.1, -0.05) is 48.5 Å². The van der Waals surface area contributed by atoms with E-state index in [1.54, 1.807) is 13.0 Å². The molecule has 0 saturated carbocycles. The average Bonchev–Trinajstić information content (AvgIpc) is 2.76. The molecule has 1 heterocycles. The molecule has 3 aromatic carbocycles. The van der Waals surface area contributed by atoms with Crippen LogP contribution in [0.4, 0.5) is 17.2 Å². The number of carbonyl (C=O) groups excluding carboxylic acids is 1. The summed E-state index contributed by atoms with van der Waals surface area (Å²) < 4.78 is 0. The van der Waals surface area contributed by atoms with Gasteiger partial charge < -0.3 is 10.6 Å². The molecule has 0 fully saturated rings. The van der Waals surface area contributed by atoms with E-state index in [1.807, 2.05) is 36.4 Å². The van der Waals surface area contributed by atoms with Crippen LogP contribution in [0, 0.1) is 0 Å². The van der Waals surface area contributed by atoms with Crippen LogP contribution in [0.25, 0.3) is 10.9 Å². The number of aromatic nitrogens is 2. The lowest BCUT2D eigenvalue weighted by Gasteiger charge is -2.11. The van der Waals surface area contributed by atoms with Crippen LogP contribution in [-0.2, 0) is 11.2 Å². The predicted octanol–water partition coefficient (Wildman–Crippen LogP) is 5.48. The number of hydrogen-bond donors (Lipinski definition) is 2. The molecule has 0 aliphatic rings. The SMILES string of the molecule is CC=CC(=O)Nc1ccc2ncnc(Nc3ccc(Cc4ccccc4)cc3)c2c1. The molecule has 30 heavy (non-hydrogen) atoms. The maximum atomic E-state index is 11.8. The molecular formula is C25H22N4O. The van der Waals surface area contributed by atoms with Crippen molar-refractivity contribution in [1.29, 1.82) is 0 Å². The highest BCUT2D eigenvalue weighted by Crippen LogP contribution is 2.26. The normalized spacial score (nSPS) is 11.0. The minimum absolute atomic E-state index is 0.169. The topological polar surface area (TPSA) is 66.9 Å². The van der Waals surface area contributed by atoms with Gasteiger partial charge in [-0.2, -0.15) is 0 Å². The van der Waals surface area contributed by atoms with Crippen molar-refractivity contribution in [3.05, 3.63) is 102 Å². The van der Waals surface area contributed by atoms with Crippen LogP contribution in [0.15, 0.2) is 91.3 Å². The molecule has 5 heteroatoms. The van der Waals surface area contributed by atoms with E-state index in [4.69, 9.17) is 0 Å². The zero-order valence-corrected chi connectivity index (χ0v) is 16.7. The monoisotopic (exact) mass is 394 g/mol. The molecule has 2 N–H and O–H groups in total. The van der Waals surface area contributed by atoms with Crippen molar-refractivity contribution < 1.29 is 4.79 Å². The number of benzene rings is 3. The van der Waals surface area contributed by atoms with Crippen LogP contribution < -0.4 is 10.6 Å². The second-order valence-electron chi connectivity index (χ2n) is 6.93. The third-order valence-electron chi connectivity index (χ3n) is 4.69. The fraction of sp³-hybridized carbons (Fsp3) is 0.0800. The van der Waals surface area contributed by atoms with Crippen molar-refractivity contribution >= 4 is 34.0 Å². The first-order chi connectivity index (χ1) is 14.7. The van der Waals surface area contributed by atoms with Gasteiger partial charge in [-0.3, -0.25) is 4.79 Å². The summed E-state index contributed by atoms with van der Waals surface area (Å²) in [7, 11) is 0. The van der Waals surface area contributed by atoms with Crippen LogP contribution in [0.1, 0.15) is 18.1 Å². The van der Waals surface area contributed by atoms with Crippen LogP contribution in [-0.4, -0.2) is 15.9 Å². The second kappa shape index (κ2) is 9.01. The maximum absolute atomic E-state index is 11.8. The number of anilines is 3. The lowest BCUT2D eigenvalue weighted by Crippen LogP contribution is -2.07. The largest absolute Gasteiger partial charge is 0.340 e. The van der Waals surface area contributed by atoms with Gasteiger partial charge in [-0.15, -0.1) is 0 Å². The molecule has 0 saturated heterocycles. The lowest BCUT2D eigenvalue weighted by molar-refractivity contribution is -0.111. The van der Waals surface area contributed by atoms with Crippen molar-refractivity contribution in [3.63, 3.8) is 0 Å². The first-order valence-corrected chi connectivity index (χ1v) is 9.79. The van der Waals surface area contributed by atoms with Crippen molar-refractivity contribution in [3.8, 4) is 0 Å². The van der Waals surface area contributed by atoms with Gasteiger partial charge in [0.25, 0.3) is 0 Å². The Bertz CT molecular complexity index is 1180. The van der Waals surface area contributed by atoms with Gasteiger partial charge in [-0.05, 0) is 60.9 Å². The highest BCUT2D eigenvalue weighted by molar-refractivity contribution is 6.01. The molecule has 0 aliphatic carbocycles. The first-order valence-electron chi connectivity index (χ1n) is 9.79. The number of nitrogens with zero attached hydrogens (tertiary/aromatic N) is 2. The highest BCUT2D eigenvalue weighted by atomic mass is 16.1. The predicted molar refractivity (Wildman–Crippen MR) is 122 cm³/mol. The number of nitrogens with one attached hydrogen (secondary N) is 2. The molecule has 5 nitrogen and oxygen atoms in total. The molecule has 0 spiro atoms. The van der Waals surface area contributed by atoms with Crippen LogP contribution in [0.2, 0.25) is 0 Å².